The number of aromatic amines is 1. The van der Waals surface area contributed by atoms with E-state index in [2.05, 4.69) is 15.3 Å². The Morgan fingerprint density at radius 2 is 1.89 bits per heavy atom. The van der Waals surface area contributed by atoms with Crippen LogP contribution in [0.1, 0.15) is 10.4 Å². The highest BCUT2D eigenvalue weighted by Gasteiger charge is 2.28. The molecule has 1 saturated heterocycles. The second kappa shape index (κ2) is 9.90. The van der Waals surface area contributed by atoms with E-state index in [9.17, 15) is 13.2 Å². The van der Waals surface area contributed by atoms with Crippen LogP contribution in [-0.4, -0.2) is 62.0 Å². The fourth-order valence-corrected chi connectivity index (χ4v) is 5.67. The number of carbonyl (C=O) groups excluding carboxylic acids is 1. The quantitative estimate of drug-likeness (QED) is 0.390. The Morgan fingerprint density at radius 1 is 1.11 bits per heavy atom. The largest absolute Gasteiger partial charge is 0.496 e. The molecule has 0 aliphatic carbocycles. The van der Waals surface area contributed by atoms with E-state index in [4.69, 9.17) is 21.1 Å². The number of methoxy groups -OCH3 is 1. The molecule has 36 heavy (non-hydrogen) atoms. The van der Waals surface area contributed by atoms with Crippen LogP contribution in [0.4, 0.5) is 5.69 Å². The van der Waals surface area contributed by atoms with Gasteiger partial charge in [0.25, 0.3) is 5.91 Å². The lowest BCUT2D eigenvalue weighted by molar-refractivity contribution is 0.0730. The lowest BCUT2D eigenvalue weighted by atomic mass is 10.1. The lowest BCUT2D eigenvalue weighted by Crippen LogP contribution is -2.40. The zero-order valence-corrected chi connectivity index (χ0v) is 20.9. The van der Waals surface area contributed by atoms with Gasteiger partial charge in [0.1, 0.15) is 11.6 Å². The molecule has 4 aromatic rings. The number of para-hydroxylation sites is 2. The number of hydrogen-bond acceptors (Lipinski definition) is 6. The summed E-state index contributed by atoms with van der Waals surface area (Å²) in [6, 6.07) is 16.9. The Kier molecular flexibility index (Phi) is 6.67. The maximum atomic E-state index is 13.2. The first-order valence-electron chi connectivity index (χ1n) is 11.2. The lowest BCUT2D eigenvalue weighted by Gasteiger charge is -2.26. The van der Waals surface area contributed by atoms with E-state index < -0.39 is 15.9 Å². The number of hydrogen-bond donors (Lipinski definition) is 2. The highest BCUT2D eigenvalue weighted by molar-refractivity contribution is 7.89. The maximum Gasteiger partial charge on any atom is 0.259 e. The molecule has 0 saturated carbocycles. The third kappa shape index (κ3) is 4.68. The Morgan fingerprint density at radius 3 is 2.64 bits per heavy atom. The van der Waals surface area contributed by atoms with Gasteiger partial charge >= 0.3 is 0 Å². The predicted octanol–water partition coefficient (Wildman–Crippen LogP) is 4.17. The van der Waals surface area contributed by atoms with Crippen molar-refractivity contribution in [2.75, 3.05) is 38.7 Å². The zero-order valence-electron chi connectivity index (χ0n) is 19.3. The standard InChI is InChI=1S/C25H23ClN4O5S/c1-34-23-9-7-17(36(32,33)30-10-12-35-13-11-30)15-19(23)25(31)27-16-6-8-20(26)18(14-16)24-28-21-4-2-3-5-22(21)29-24/h2-9,14-15H,10-13H2,1H3,(H,27,31)(H,28,29). The number of H-pyrrole nitrogens is 1. The molecule has 1 amide bonds. The second-order valence-electron chi connectivity index (χ2n) is 8.13. The van der Waals surface area contributed by atoms with Crippen LogP contribution >= 0.6 is 11.6 Å². The molecule has 0 bridgehead atoms. The van der Waals surface area contributed by atoms with Crippen LogP contribution in [0.15, 0.2) is 65.6 Å². The molecule has 5 rings (SSSR count). The van der Waals surface area contributed by atoms with Crippen molar-refractivity contribution in [1.29, 1.82) is 0 Å². The summed E-state index contributed by atoms with van der Waals surface area (Å²) in [7, 11) is -2.37. The van der Waals surface area contributed by atoms with Gasteiger partial charge in [-0.3, -0.25) is 4.79 Å². The number of fused-ring (bicyclic) bond motifs is 1. The first-order valence-corrected chi connectivity index (χ1v) is 13.0. The number of aromatic nitrogens is 2. The maximum absolute atomic E-state index is 13.2. The molecule has 11 heteroatoms. The summed E-state index contributed by atoms with van der Waals surface area (Å²) < 4.78 is 38.2. The molecular formula is C25H23ClN4O5S. The Bertz CT molecular complexity index is 1510. The number of rotatable bonds is 6. The van der Waals surface area contributed by atoms with Crippen molar-refractivity contribution in [3.05, 3.63) is 71.2 Å². The molecule has 3 aromatic carbocycles. The number of sulfonamides is 1. The van der Waals surface area contributed by atoms with Crippen LogP contribution in [0, 0.1) is 0 Å². The zero-order chi connectivity index (χ0) is 25.3. The van der Waals surface area contributed by atoms with Crippen molar-refractivity contribution < 1.29 is 22.7 Å². The van der Waals surface area contributed by atoms with Gasteiger partial charge in [0.05, 0.1) is 46.8 Å². The molecule has 2 heterocycles. The summed E-state index contributed by atoms with van der Waals surface area (Å²) in [4.78, 5) is 21.1. The van der Waals surface area contributed by atoms with E-state index in [0.29, 0.717) is 35.3 Å². The number of ether oxygens (including phenoxy) is 2. The number of benzene rings is 3. The summed E-state index contributed by atoms with van der Waals surface area (Å²) >= 11 is 6.43. The number of carbonyl (C=O) groups is 1. The molecule has 186 valence electrons. The topological polar surface area (TPSA) is 114 Å². The van der Waals surface area contributed by atoms with E-state index in [1.54, 1.807) is 18.2 Å². The molecule has 0 spiro atoms. The minimum atomic E-state index is -3.79. The van der Waals surface area contributed by atoms with Crippen molar-refractivity contribution in [1.82, 2.24) is 14.3 Å². The van der Waals surface area contributed by atoms with Crippen LogP contribution in [0.2, 0.25) is 5.02 Å². The van der Waals surface area contributed by atoms with Gasteiger partial charge in [-0.15, -0.1) is 0 Å². The number of morpholine rings is 1. The SMILES string of the molecule is COc1ccc(S(=O)(=O)N2CCOCC2)cc1C(=O)Nc1ccc(Cl)c(-c2nc3ccccc3[nH]2)c1. The minimum absolute atomic E-state index is 0.00872. The molecule has 0 radical (unpaired) electrons. The third-order valence-electron chi connectivity index (χ3n) is 5.89. The second-order valence-corrected chi connectivity index (χ2v) is 10.5. The van der Waals surface area contributed by atoms with Gasteiger partial charge in [-0.25, -0.2) is 13.4 Å². The van der Waals surface area contributed by atoms with Crippen LogP contribution in [0.25, 0.3) is 22.4 Å². The summed E-state index contributed by atoms with van der Waals surface area (Å²) in [6.07, 6.45) is 0. The summed E-state index contributed by atoms with van der Waals surface area (Å²) in [5.74, 6) is 0.289. The monoisotopic (exact) mass is 526 g/mol. The number of anilines is 1. The molecular weight excluding hydrogens is 504 g/mol. The van der Waals surface area contributed by atoms with Crippen LogP contribution in [0.3, 0.4) is 0 Å². The van der Waals surface area contributed by atoms with E-state index in [0.717, 1.165) is 11.0 Å². The number of halogens is 1. The first-order chi connectivity index (χ1) is 17.4. The summed E-state index contributed by atoms with van der Waals surface area (Å²) in [6.45, 7) is 1.16. The number of imidazole rings is 1. The van der Waals surface area contributed by atoms with Crippen molar-refractivity contribution in [3.63, 3.8) is 0 Å². The van der Waals surface area contributed by atoms with Crippen molar-refractivity contribution >= 4 is 44.3 Å². The van der Waals surface area contributed by atoms with Gasteiger partial charge in [0.2, 0.25) is 10.0 Å². The fraction of sp³-hybridized carbons (Fsp3) is 0.200. The third-order valence-corrected chi connectivity index (χ3v) is 8.12. The number of nitrogens with one attached hydrogen (secondary N) is 2. The van der Waals surface area contributed by atoms with Crippen LogP contribution in [-0.2, 0) is 14.8 Å². The van der Waals surface area contributed by atoms with Crippen molar-refractivity contribution in [2.45, 2.75) is 4.90 Å². The van der Waals surface area contributed by atoms with Gasteiger partial charge in [0, 0.05) is 24.3 Å². The first kappa shape index (κ1) is 24.3. The van der Waals surface area contributed by atoms with Crippen LogP contribution < -0.4 is 10.1 Å². The predicted molar refractivity (Wildman–Crippen MR) is 137 cm³/mol. The van der Waals surface area contributed by atoms with Gasteiger partial charge in [-0.2, -0.15) is 4.31 Å². The Labute approximate surface area is 213 Å². The van der Waals surface area contributed by atoms with Crippen molar-refractivity contribution in [2.24, 2.45) is 0 Å². The van der Waals surface area contributed by atoms with E-state index in [-0.39, 0.29) is 29.3 Å². The minimum Gasteiger partial charge on any atom is -0.496 e. The van der Waals surface area contributed by atoms with E-state index in [1.807, 2.05) is 24.3 Å². The fourth-order valence-electron chi connectivity index (χ4n) is 4.02. The molecule has 0 atom stereocenters. The summed E-state index contributed by atoms with van der Waals surface area (Å²) in [5.41, 5.74) is 2.82. The average molecular weight is 527 g/mol. The van der Waals surface area contributed by atoms with Gasteiger partial charge in [-0.05, 0) is 48.5 Å². The molecule has 1 aliphatic heterocycles. The molecule has 9 nitrogen and oxygen atoms in total. The number of nitrogens with zero attached hydrogens (tertiary/aromatic N) is 2. The van der Waals surface area contributed by atoms with E-state index in [1.165, 1.54) is 29.6 Å². The van der Waals surface area contributed by atoms with E-state index >= 15 is 0 Å². The molecule has 0 unspecified atom stereocenters. The number of amides is 1. The van der Waals surface area contributed by atoms with Gasteiger partial charge in [0.15, 0.2) is 0 Å². The Hall–Kier alpha value is -3.44. The average Bonchev–Trinajstić information content (AvgIpc) is 3.34. The highest BCUT2D eigenvalue weighted by Crippen LogP contribution is 2.31. The summed E-state index contributed by atoms with van der Waals surface area (Å²) in [5, 5.41) is 3.28. The highest BCUT2D eigenvalue weighted by atomic mass is 35.5. The molecule has 2 N–H and O–H groups in total. The molecule has 1 fully saturated rings. The van der Waals surface area contributed by atoms with Crippen molar-refractivity contribution in [3.8, 4) is 17.1 Å². The van der Waals surface area contributed by atoms with Gasteiger partial charge < -0.3 is 19.8 Å². The van der Waals surface area contributed by atoms with Crippen LogP contribution in [0.5, 0.6) is 5.75 Å². The van der Waals surface area contributed by atoms with Gasteiger partial charge in [-0.1, -0.05) is 23.7 Å². The smallest absolute Gasteiger partial charge is 0.259 e. The molecule has 1 aromatic heterocycles. The Balaban J connectivity index is 1.45. The molecule has 1 aliphatic rings. The normalized spacial score (nSPS) is 14.6.